The molecule has 0 amide bonds. The van der Waals surface area contributed by atoms with Crippen molar-refractivity contribution >= 4 is 0 Å². The lowest BCUT2D eigenvalue weighted by Crippen LogP contribution is -2.41. The van der Waals surface area contributed by atoms with Crippen LogP contribution in [0.5, 0.6) is 0 Å². The number of fused-ring (bicyclic) bond motifs is 1. The summed E-state index contributed by atoms with van der Waals surface area (Å²) in [5, 5.41) is 9.98. The van der Waals surface area contributed by atoms with E-state index >= 15 is 0 Å². The molecule has 0 aromatic carbocycles. The molecule has 2 rings (SSSR count). The molecule has 2 aliphatic rings. The summed E-state index contributed by atoms with van der Waals surface area (Å²) in [7, 11) is 0. The number of aliphatic hydroxyl groups is 1. The van der Waals surface area contributed by atoms with Crippen molar-refractivity contribution < 1.29 is 9.84 Å². The van der Waals surface area contributed by atoms with Crippen LogP contribution in [0, 0.1) is 5.92 Å². The number of aliphatic hydroxyl groups excluding tert-OH is 1. The Labute approximate surface area is 105 Å². The number of likely N-dealkylation sites (tertiary alicyclic amines) is 1. The zero-order valence-electron chi connectivity index (χ0n) is 11.3. The van der Waals surface area contributed by atoms with Crippen LogP contribution in [0.15, 0.2) is 0 Å². The Kier molecular flexibility index (Phi) is 4.83. The fraction of sp³-hybridized carbons (Fsp3) is 1.00. The smallest absolute Gasteiger partial charge is 0.0900 e. The van der Waals surface area contributed by atoms with Gasteiger partial charge in [0.05, 0.1) is 18.8 Å². The lowest BCUT2D eigenvalue weighted by atomic mass is 9.85. The van der Waals surface area contributed by atoms with Crippen LogP contribution < -0.4 is 0 Å². The molecule has 17 heavy (non-hydrogen) atoms. The molecule has 0 aromatic rings. The normalized spacial score (nSPS) is 31.8. The predicted molar refractivity (Wildman–Crippen MR) is 69.0 cm³/mol. The number of hydrogen-bond donors (Lipinski definition) is 1. The summed E-state index contributed by atoms with van der Waals surface area (Å²) in [6, 6.07) is 0.748. The first kappa shape index (κ1) is 13.3. The molecule has 3 unspecified atom stereocenters. The summed E-state index contributed by atoms with van der Waals surface area (Å²) in [4.78, 5) is 2.50. The minimum atomic E-state index is -0.321. The van der Waals surface area contributed by atoms with Crippen molar-refractivity contribution in [2.45, 2.75) is 64.2 Å². The van der Waals surface area contributed by atoms with Crippen LogP contribution in [0.25, 0.3) is 0 Å². The summed E-state index contributed by atoms with van der Waals surface area (Å²) in [6.45, 7) is 6.48. The number of rotatable bonds is 5. The van der Waals surface area contributed by atoms with E-state index in [-0.39, 0.29) is 12.2 Å². The fourth-order valence-electron chi connectivity index (χ4n) is 3.36. The first-order chi connectivity index (χ1) is 8.16. The molecule has 3 nitrogen and oxygen atoms in total. The minimum Gasteiger partial charge on any atom is -0.389 e. The van der Waals surface area contributed by atoms with Gasteiger partial charge in [-0.15, -0.1) is 0 Å². The van der Waals surface area contributed by atoms with E-state index in [1.165, 1.54) is 38.6 Å². The summed E-state index contributed by atoms with van der Waals surface area (Å²) in [5.74, 6) is 0.905. The lowest BCUT2D eigenvalue weighted by molar-refractivity contribution is -0.0126. The molecule has 0 spiro atoms. The Bertz CT molecular complexity index is 232. The number of β-amino-alcohol motifs (C(OH)–C–C–N with tert-alkyl or cyclic N) is 1. The summed E-state index contributed by atoms with van der Waals surface area (Å²) in [5.41, 5.74) is 0. The molecule has 1 aliphatic heterocycles. The third kappa shape index (κ3) is 3.67. The van der Waals surface area contributed by atoms with Crippen molar-refractivity contribution in [1.29, 1.82) is 0 Å². The van der Waals surface area contributed by atoms with E-state index in [0.717, 1.165) is 18.5 Å². The molecule has 1 N–H and O–H groups in total. The predicted octanol–water partition coefficient (Wildman–Crippen LogP) is 2.04. The van der Waals surface area contributed by atoms with Gasteiger partial charge in [0.25, 0.3) is 0 Å². The van der Waals surface area contributed by atoms with Crippen LogP contribution in [0.1, 0.15) is 46.0 Å². The Morgan fingerprint density at radius 1 is 1.24 bits per heavy atom. The molecular formula is C14H27NO2. The van der Waals surface area contributed by atoms with Gasteiger partial charge in [-0.2, -0.15) is 0 Å². The topological polar surface area (TPSA) is 32.7 Å². The van der Waals surface area contributed by atoms with Gasteiger partial charge in [0.15, 0.2) is 0 Å². The highest BCUT2D eigenvalue weighted by atomic mass is 16.5. The Morgan fingerprint density at radius 2 is 2.00 bits per heavy atom. The Hall–Kier alpha value is -0.120. The van der Waals surface area contributed by atoms with Gasteiger partial charge in [0.1, 0.15) is 0 Å². The SMILES string of the molecule is CC(C)OCC(O)CN1CCC2CCCCC21. The second-order valence-electron chi connectivity index (χ2n) is 5.93. The lowest BCUT2D eigenvalue weighted by Gasteiger charge is -2.32. The molecule has 3 atom stereocenters. The third-order valence-electron chi connectivity index (χ3n) is 4.19. The average Bonchev–Trinajstić information content (AvgIpc) is 2.70. The van der Waals surface area contributed by atoms with Crippen LogP contribution in [0.4, 0.5) is 0 Å². The van der Waals surface area contributed by atoms with Gasteiger partial charge in [0.2, 0.25) is 0 Å². The molecular weight excluding hydrogens is 214 g/mol. The van der Waals surface area contributed by atoms with Crippen LogP contribution in [0.3, 0.4) is 0 Å². The summed E-state index contributed by atoms with van der Waals surface area (Å²) >= 11 is 0. The molecule has 2 fully saturated rings. The zero-order valence-corrected chi connectivity index (χ0v) is 11.3. The third-order valence-corrected chi connectivity index (χ3v) is 4.19. The second-order valence-corrected chi connectivity index (χ2v) is 5.93. The van der Waals surface area contributed by atoms with Crippen LogP contribution in [0.2, 0.25) is 0 Å². The maximum atomic E-state index is 9.98. The minimum absolute atomic E-state index is 0.214. The van der Waals surface area contributed by atoms with Crippen LogP contribution in [-0.4, -0.2) is 48.0 Å². The van der Waals surface area contributed by atoms with Crippen LogP contribution >= 0.6 is 0 Å². The van der Waals surface area contributed by atoms with Gasteiger partial charge in [-0.05, 0) is 45.6 Å². The summed E-state index contributed by atoms with van der Waals surface area (Å²) in [6.07, 6.45) is 6.75. The highest BCUT2D eigenvalue weighted by Crippen LogP contribution is 2.35. The van der Waals surface area contributed by atoms with Crippen LogP contribution in [-0.2, 0) is 4.74 Å². The van der Waals surface area contributed by atoms with Crippen molar-refractivity contribution in [3.63, 3.8) is 0 Å². The van der Waals surface area contributed by atoms with E-state index in [2.05, 4.69) is 4.90 Å². The van der Waals surface area contributed by atoms with E-state index in [9.17, 15) is 5.11 Å². The van der Waals surface area contributed by atoms with Gasteiger partial charge in [-0.25, -0.2) is 0 Å². The van der Waals surface area contributed by atoms with E-state index < -0.39 is 0 Å². The zero-order chi connectivity index (χ0) is 12.3. The maximum absolute atomic E-state index is 9.98. The van der Waals surface area contributed by atoms with Gasteiger partial charge in [-0.3, -0.25) is 4.90 Å². The van der Waals surface area contributed by atoms with Crippen molar-refractivity contribution in [3.8, 4) is 0 Å². The molecule has 1 aliphatic carbocycles. The second kappa shape index (κ2) is 6.17. The average molecular weight is 241 g/mol. The van der Waals surface area contributed by atoms with E-state index in [1.807, 2.05) is 13.8 Å². The van der Waals surface area contributed by atoms with Crippen molar-refractivity contribution in [2.75, 3.05) is 19.7 Å². The van der Waals surface area contributed by atoms with Gasteiger partial charge in [0, 0.05) is 12.6 Å². The van der Waals surface area contributed by atoms with Gasteiger partial charge >= 0.3 is 0 Å². The molecule has 100 valence electrons. The first-order valence-corrected chi connectivity index (χ1v) is 7.20. The van der Waals surface area contributed by atoms with Crippen molar-refractivity contribution in [2.24, 2.45) is 5.92 Å². The van der Waals surface area contributed by atoms with Gasteiger partial charge < -0.3 is 9.84 Å². The highest BCUT2D eigenvalue weighted by molar-refractivity contribution is 4.90. The molecule has 0 aromatic heterocycles. The summed E-state index contributed by atoms with van der Waals surface area (Å²) < 4.78 is 5.47. The van der Waals surface area contributed by atoms with E-state index in [1.54, 1.807) is 0 Å². The number of ether oxygens (including phenoxy) is 1. The maximum Gasteiger partial charge on any atom is 0.0900 e. The largest absolute Gasteiger partial charge is 0.389 e. The highest BCUT2D eigenvalue weighted by Gasteiger charge is 2.36. The standard InChI is InChI=1S/C14H27NO2/c1-11(2)17-10-13(16)9-15-8-7-12-5-3-4-6-14(12)15/h11-14,16H,3-10H2,1-2H3. The first-order valence-electron chi connectivity index (χ1n) is 7.20. The fourth-order valence-corrected chi connectivity index (χ4v) is 3.36. The molecule has 0 bridgehead atoms. The number of nitrogens with zero attached hydrogens (tertiary/aromatic N) is 1. The van der Waals surface area contributed by atoms with E-state index in [4.69, 9.17) is 4.74 Å². The van der Waals surface area contributed by atoms with E-state index in [0.29, 0.717) is 6.61 Å². The molecule has 1 heterocycles. The quantitative estimate of drug-likeness (QED) is 0.799. The molecule has 3 heteroatoms. The van der Waals surface area contributed by atoms with Crippen molar-refractivity contribution in [1.82, 2.24) is 4.90 Å². The monoisotopic (exact) mass is 241 g/mol. The number of hydrogen-bond acceptors (Lipinski definition) is 3. The molecule has 1 saturated heterocycles. The van der Waals surface area contributed by atoms with Gasteiger partial charge in [-0.1, -0.05) is 12.8 Å². The molecule has 1 saturated carbocycles. The van der Waals surface area contributed by atoms with Crippen molar-refractivity contribution in [3.05, 3.63) is 0 Å². The molecule has 0 radical (unpaired) electrons. The Morgan fingerprint density at radius 3 is 2.76 bits per heavy atom. The Balaban J connectivity index is 1.75.